The number of Topliss-reactive ketones (excluding diaryl/α,β-unsaturated/α-hetero) is 1. The second-order valence-corrected chi connectivity index (χ2v) is 4.28. The van der Waals surface area contributed by atoms with Crippen molar-refractivity contribution >= 4 is 22.7 Å². The van der Waals surface area contributed by atoms with Crippen LogP contribution in [-0.2, 0) is 16.6 Å². The Hall–Kier alpha value is -2.30. The van der Waals surface area contributed by atoms with Crippen LogP contribution in [0.15, 0.2) is 18.2 Å². The number of nitrogens with zero attached hydrogens (tertiary/aromatic N) is 1. The van der Waals surface area contributed by atoms with Gasteiger partial charge in [-0.15, -0.1) is 0 Å². The molecule has 0 saturated carbocycles. The quantitative estimate of drug-likeness (QED) is 0.521. The third-order valence-electron chi connectivity index (χ3n) is 3.11. The molecule has 2 rings (SSSR count). The van der Waals surface area contributed by atoms with E-state index in [0.717, 1.165) is 10.9 Å². The first-order valence-corrected chi connectivity index (χ1v) is 5.96. The van der Waals surface area contributed by atoms with Gasteiger partial charge in [0.1, 0.15) is 11.4 Å². The number of aromatic nitrogens is 1. The smallest absolute Gasteiger partial charge is 0.381 e. The summed E-state index contributed by atoms with van der Waals surface area (Å²) in [5.41, 5.74) is 1.73. The van der Waals surface area contributed by atoms with Crippen LogP contribution in [0.5, 0.6) is 5.75 Å². The maximum atomic E-state index is 12.1. The van der Waals surface area contributed by atoms with Crippen LogP contribution in [0, 0.1) is 6.92 Å². The normalized spacial score (nSPS) is 10.7. The van der Waals surface area contributed by atoms with Gasteiger partial charge in [-0.25, -0.2) is 4.79 Å². The first kappa shape index (κ1) is 13.1. The molecule has 0 atom stereocenters. The highest BCUT2D eigenvalue weighted by Crippen LogP contribution is 2.28. The van der Waals surface area contributed by atoms with Gasteiger partial charge in [0.25, 0.3) is 5.78 Å². The Labute approximate surface area is 110 Å². The molecule has 0 spiro atoms. The van der Waals surface area contributed by atoms with Gasteiger partial charge in [0.15, 0.2) is 0 Å². The van der Waals surface area contributed by atoms with E-state index in [1.165, 1.54) is 0 Å². The Kier molecular flexibility index (Phi) is 3.29. The molecule has 0 saturated heterocycles. The zero-order valence-electron chi connectivity index (χ0n) is 11.1. The number of phenolic OH excluding ortho intramolecular Hbond substituents is 1. The zero-order chi connectivity index (χ0) is 14.2. The van der Waals surface area contributed by atoms with Crippen LogP contribution in [0.1, 0.15) is 23.0 Å². The molecular formula is C14H15NO4. The van der Waals surface area contributed by atoms with Crippen LogP contribution in [0.3, 0.4) is 0 Å². The van der Waals surface area contributed by atoms with Crippen LogP contribution in [0.25, 0.3) is 10.9 Å². The van der Waals surface area contributed by atoms with Gasteiger partial charge in [-0.3, -0.25) is 4.79 Å². The third-order valence-corrected chi connectivity index (χ3v) is 3.11. The molecule has 1 heterocycles. The highest BCUT2D eigenvalue weighted by Gasteiger charge is 2.25. The predicted molar refractivity (Wildman–Crippen MR) is 70.3 cm³/mol. The molecule has 0 aliphatic carbocycles. The van der Waals surface area contributed by atoms with Crippen molar-refractivity contribution in [2.45, 2.75) is 13.8 Å². The summed E-state index contributed by atoms with van der Waals surface area (Å²) < 4.78 is 6.38. The maximum absolute atomic E-state index is 12.1. The molecule has 0 aliphatic rings. The number of esters is 1. The minimum atomic E-state index is -0.860. The number of fused-ring (bicyclic) bond motifs is 1. The van der Waals surface area contributed by atoms with Gasteiger partial charge in [-0.05, 0) is 37.6 Å². The van der Waals surface area contributed by atoms with Crippen LogP contribution >= 0.6 is 0 Å². The van der Waals surface area contributed by atoms with Crippen LogP contribution in [0.4, 0.5) is 0 Å². The van der Waals surface area contributed by atoms with Crippen molar-refractivity contribution < 1.29 is 19.4 Å². The average molecular weight is 261 g/mol. The lowest BCUT2D eigenvalue weighted by atomic mass is 10.1. The number of carbonyl (C=O) groups is 2. The number of ketones is 1. The monoisotopic (exact) mass is 261 g/mol. The molecule has 0 radical (unpaired) electrons. The molecule has 0 fully saturated rings. The van der Waals surface area contributed by atoms with Crippen molar-refractivity contribution in [1.82, 2.24) is 4.57 Å². The Morgan fingerprint density at radius 3 is 2.68 bits per heavy atom. The molecule has 2 aromatic rings. The number of rotatable bonds is 3. The van der Waals surface area contributed by atoms with Gasteiger partial charge >= 0.3 is 5.97 Å². The van der Waals surface area contributed by atoms with E-state index in [4.69, 9.17) is 4.74 Å². The lowest BCUT2D eigenvalue weighted by molar-refractivity contribution is -0.137. The summed E-state index contributed by atoms with van der Waals surface area (Å²) in [6, 6.07) is 4.83. The number of hydrogen-bond donors (Lipinski definition) is 1. The predicted octanol–water partition coefficient (Wildman–Crippen LogP) is 1.94. The summed E-state index contributed by atoms with van der Waals surface area (Å²) in [4.78, 5) is 23.6. The van der Waals surface area contributed by atoms with E-state index in [9.17, 15) is 14.7 Å². The molecule has 1 N–H and O–H groups in total. The Bertz CT molecular complexity index is 670. The minimum Gasteiger partial charge on any atom is -0.508 e. The van der Waals surface area contributed by atoms with Gasteiger partial charge in [-0.1, -0.05) is 0 Å². The van der Waals surface area contributed by atoms with Gasteiger partial charge in [0.2, 0.25) is 0 Å². The van der Waals surface area contributed by atoms with Crippen molar-refractivity contribution in [3.8, 4) is 5.75 Å². The van der Waals surface area contributed by atoms with Crippen molar-refractivity contribution in [3.63, 3.8) is 0 Å². The molecule has 1 aromatic carbocycles. The number of benzene rings is 1. The van der Waals surface area contributed by atoms with E-state index >= 15 is 0 Å². The molecule has 5 heteroatoms. The number of phenols is 1. The van der Waals surface area contributed by atoms with E-state index in [-0.39, 0.29) is 12.4 Å². The number of aryl methyl sites for hydroxylation is 2. The van der Waals surface area contributed by atoms with Gasteiger partial charge < -0.3 is 14.4 Å². The zero-order valence-corrected chi connectivity index (χ0v) is 11.1. The fourth-order valence-corrected chi connectivity index (χ4v) is 2.23. The maximum Gasteiger partial charge on any atom is 0.381 e. The molecular weight excluding hydrogens is 246 g/mol. The molecule has 0 amide bonds. The van der Waals surface area contributed by atoms with E-state index in [2.05, 4.69) is 0 Å². The fraction of sp³-hybridized carbons (Fsp3) is 0.286. The molecule has 5 nitrogen and oxygen atoms in total. The van der Waals surface area contributed by atoms with Gasteiger partial charge in [0.05, 0.1) is 6.61 Å². The Morgan fingerprint density at radius 2 is 2.05 bits per heavy atom. The summed E-state index contributed by atoms with van der Waals surface area (Å²) in [5.74, 6) is -1.41. The third kappa shape index (κ3) is 2.07. The molecule has 0 unspecified atom stereocenters. The second kappa shape index (κ2) is 4.76. The first-order chi connectivity index (χ1) is 8.97. The van der Waals surface area contributed by atoms with Gasteiger partial charge in [-0.2, -0.15) is 0 Å². The Morgan fingerprint density at radius 1 is 1.37 bits per heavy atom. The minimum absolute atomic E-state index is 0.122. The molecule has 100 valence electrons. The summed E-state index contributed by atoms with van der Waals surface area (Å²) in [5, 5.41) is 10.2. The van der Waals surface area contributed by atoms with Crippen molar-refractivity contribution in [1.29, 1.82) is 0 Å². The fourth-order valence-electron chi connectivity index (χ4n) is 2.23. The number of carbonyl (C=O) groups excluding carboxylic acids is 2. The number of hydrogen-bond acceptors (Lipinski definition) is 4. The topological polar surface area (TPSA) is 68.5 Å². The summed E-state index contributed by atoms with van der Waals surface area (Å²) in [7, 11) is 1.71. The number of ether oxygens (including phenoxy) is 1. The second-order valence-electron chi connectivity index (χ2n) is 4.28. The first-order valence-electron chi connectivity index (χ1n) is 5.96. The van der Waals surface area contributed by atoms with Gasteiger partial charge in [0, 0.05) is 18.0 Å². The SMILES string of the molecule is CCOC(=O)C(=O)c1c(C)c2cc(O)ccc2n1C. The van der Waals surface area contributed by atoms with Crippen molar-refractivity contribution in [2.24, 2.45) is 7.05 Å². The standard InChI is InChI=1S/C14H15NO4/c1-4-19-14(18)13(17)12-8(2)10-7-9(16)5-6-11(10)15(12)3/h5-7,16H,4H2,1-3H3. The van der Waals surface area contributed by atoms with Crippen LogP contribution in [0.2, 0.25) is 0 Å². The molecule has 1 aromatic heterocycles. The molecule has 19 heavy (non-hydrogen) atoms. The van der Waals surface area contributed by atoms with Crippen LogP contribution in [-0.4, -0.2) is 28.0 Å². The van der Waals surface area contributed by atoms with E-state index in [1.807, 2.05) is 0 Å². The van der Waals surface area contributed by atoms with E-state index in [1.54, 1.807) is 43.7 Å². The molecule has 0 bridgehead atoms. The summed E-state index contributed by atoms with van der Waals surface area (Å²) in [6.07, 6.45) is 0. The van der Waals surface area contributed by atoms with Crippen molar-refractivity contribution in [2.75, 3.05) is 6.61 Å². The van der Waals surface area contributed by atoms with E-state index < -0.39 is 11.8 Å². The molecule has 0 aliphatic heterocycles. The lowest BCUT2D eigenvalue weighted by Gasteiger charge is -2.04. The summed E-state index contributed by atoms with van der Waals surface area (Å²) >= 11 is 0. The lowest BCUT2D eigenvalue weighted by Crippen LogP contribution is -2.20. The largest absolute Gasteiger partial charge is 0.508 e. The van der Waals surface area contributed by atoms with Crippen LogP contribution < -0.4 is 0 Å². The number of aromatic hydroxyl groups is 1. The average Bonchev–Trinajstić information content (AvgIpc) is 2.61. The van der Waals surface area contributed by atoms with Crippen molar-refractivity contribution in [3.05, 3.63) is 29.5 Å². The Balaban J connectivity index is 2.61. The highest BCUT2D eigenvalue weighted by molar-refractivity contribution is 6.41. The highest BCUT2D eigenvalue weighted by atomic mass is 16.5. The summed E-state index contributed by atoms with van der Waals surface area (Å²) in [6.45, 7) is 3.56. The van der Waals surface area contributed by atoms with E-state index in [0.29, 0.717) is 11.3 Å².